The third kappa shape index (κ3) is 2.49. The van der Waals surface area contributed by atoms with Crippen LogP contribution >= 0.6 is 0 Å². The molecule has 14 heavy (non-hydrogen) atoms. The molecule has 0 aliphatic rings. The lowest BCUT2D eigenvalue weighted by Gasteiger charge is -2.35. The Balaban J connectivity index is 0.00000169. The maximum Gasteiger partial charge on any atom is 0.132 e. The molecule has 0 spiro atoms. The lowest BCUT2D eigenvalue weighted by molar-refractivity contribution is -0.00000284. The van der Waals surface area contributed by atoms with Crippen LogP contribution in [-0.2, 0) is 0 Å². The molecule has 0 saturated carbocycles. The van der Waals surface area contributed by atoms with Crippen molar-refractivity contribution in [2.45, 2.75) is 20.8 Å². The summed E-state index contributed by atoms with van der Waals surface area (Å²) < 4.78 is 1.10. The van der Waals surface area contributed by atoms with E-state index in [9.17, 15) is 0 Å². The molecule has 0 saturated heterocycles. The van der Waals surface area contributed by atoms with Gasteiger partial charge in [0.15, 0.2) is 0 Å². The average molecular weight is 214 g/mol. The van der Waals surface area contributed by atoms with Gasteiger partial charge in [0.05, 0.1) is 19.6 Å². The molecule has 2 heteroatoms. The van der Waals surface area contributed by atoms with E-state index in [1.807, 2.05) is 0 Å². The monoisotopic (exact) mass is 213 g/mol. The van der Waals surface area contributed by atoms with Crippen LogP contribution in [-0.4, -0.2) is 19.6 Å². The molecule has 0 fully saturated rings. The number of hydrogen-bond acceptors (Lipinski definition) is 0. The molecule has 0 aliphatic carbocycles. The summed E-state index contributed by atoms with van der Waals surface area (Å²) in [7, 11) is 0. The maximum absolute atomic E-state index is 2.26. The Labute approximate surface area is 93.7 Å². The minimum atomic E-state index is 0. The molecule has 1 aromatic carbocycles. The lowest BCUT2D eigenvalue weighted by Crippen LogP contribution is -3.00. The van der Waals surface area contributed by atoms with E-state index in [4.69, 9.17) is 0 Å². The van der Waals surface area contributed by atoms with Gasteiger partial charge in [0.2, 0.25) is 0 Å². The Morgan fingerprint density at radius 2 is 1.29 bits per heavy atom. The van der Waals surface area contributed by atoms with Crippen LogP contribution in [0.15, 0.2) is 30.3 Å². The molecule has 0 heterocycles. The summed E-state index contributed by atoms with van der Waals surface area (Å²) in [4.78, 5) is 0. The largest absolute Gasteiger partial charge is 1.00 e. The van der Waals surface area contributed by atoms with Gasteiger partial charge in [-0.1, -0.05) is 18.2 Å². The van der Waals surface area contributed by atoms with Crippen molar-refractivity contribution in [3.63, 3.8) is 0 Å². The molecule has 0 amide bonds. The zero-order valence-electron chi connectivity index (χ0n) is 9.33. The molecule has 0 atom stereocenters. The van der Waals surface area contributed by atoms with Gasteiger partial charge in [-0.15, -0.1) is 0 Å². The Bertz CT molecular complexity index is 233. The normalized spacial score (nSPS) is 10.8. The second kappa shape index (κ2) is 6.05. The molecular formula is C12H20ClN. The lowest BCUT2D eigenvalue weighted by atomic mass is 10.2. The predicted molar refractivity (Wildman–Crippen MR) is 59.9 cm³/mol. The highest BCUT2D eigenvalue weighted by Gasteiger charge is 2.23. The van der Waals surface area contributed by atoms with Crippen molar-refractivity contribution in [3.05, 3.63) is 30.3 Å². The molecule has 0 N–H and O–H groups in total. The second-order valence-electron chi connectivity index (χ2n) is 3.43. The summed E-state index contributed by atoms with van der Waals surface area (Å²) in [6.07, 6.45) is 0. The van der Waals surface area contributed by atoms with Crippen molar-refractivity contribution in [3.8, 4) is 0 Å². The van der Waals surface area contributed by atoms with Gasteiger partial charge >= 0.3 is 0 Å². The van der Waals surface area contributed by atoms with Gasteiger partial charge in [0, 0.05) is 0 Å². The number of benzene rings is 1. The van der Waals surface area contributed by atoms with Crippen molar-refractivity contribution in [1.82, 2.24) is 4.48 Å². The fourth-order valence-corrected chi connectivity index (χ4v) is 1.96. The molecule has 0 unspecified atom stereocenters. The van der Waals surface area contributed by atoms with E-state index in [0.717, 1.165) is 4.48 Å². The van der Waals surface area contributed by atoms with Crippen molar-refractivity contribution >= 4 is 5.69 Å². The minimum Gasteiger partial charge on any atom is -1.00 e. The summed E-state index contributed by atoms with van der Waals surface area (Å²) >= 11 is 0. The number of rotatable bonds is 4. The molecule has 0 radical (unpaired) electrons. The van der Waals surface area contributed by atoms with E-state index in [-0.39, 0.29) is 12.4 Å². The second-order valence-corrected chi connectivity index (χ2v) is 3.43. The number of para-hydroxylation sites is 1. The molecule has 1 rings (SSSR count). The van der Waals surface area contributed by atoms with Gasteiger partial charge < -0.3 is 12.4 Å². The van der Waals surface area contributed by atoms with Crippen molar-refractivity contribution < 1.29 is 12.4 Å². The van der Waals surface area contributed by atoms with Crippen LogP contribution in [0.25, 0.3) is 0 Å². The Kier molecular flexibility index (Phi) is 5.82. The highest BCUT2D eigenvalue weighted by Crippen LogP contribution is 2.21. The van der Waals surface area contributed by atoms with Gasteiger partial charge in [-0.3, -0.25) is 4.48 Å². The molecular weight excluding hydrogens is 194 g/mol. The zero-order chi connectivity index (χ0) is 9.73. The van der Waals surface area contributed by atoms with Crippen LogP contribution in [0.5, 0.6) is 0 Å². The summed E-state index contributed by atoms with van der Waals surface area (Å²) in [6.45, 7) is 10.3. The summed E-state index contributed by atoms with van der Waals surface area (Å²) in [6, 6.07) is 10.8. The van der Waals surface area contributed by atoms with Gasteiger partial charge in [-0.2, -0.15) is 0 Å². The Hall–Kier alpha value is -0.530. The van der Waals surface area contributed by atoms with Crippen molar-refractivity contribution in [2.24, 2.45) is 0 Å². The summed E-state index contributed by atoms with van der Waals surface area (Å²) in [5.74, 6) is 0. The quantitative estimate of drug-likeness (QED) is 0.621. The SMILES string of the molecule is CC[N+](CC)(CC)c1ccccc1.[Cl-]. The first-order valence-corrected chi connectivity index (χ1v) is 5.20. The summed E-state index contributed by atoms with van der Waals surface area (Å²) in [5, 5.41) is 0. The zero-order valence-corrected chi connectivity index (χ0v) is 10.1. The first kappa shape index (κ1) is 13.5. The van der Waals surface area contributed by atoms with Crippen LogP contribution in [0.3, 0.4) is 0 Å². The Morgan fingerprint density at radius 1 is 0.857 bits per heavy atom. The van der Waals surface area contributed by atoms with E-state index in [1.165, 1.54) is 25.3 Å². The van der Waals surface area contributed by atoms with E-state index < -0.39 is 0 Å². The Morgan fingerprint density at radius 3 is 1.64 bits per heavy atom. The number of halogens is 1. The maximum atomic E-state index is 2.26. The van der Waals surface area contributed by atoms with Gasteiger partial charge in [-0.05, 0) is 32.9 Å². The standard InChI is InChI=1S/C12H20N.ClH/c1-4-13(5-2,6-3)12-10-8-7-9-11-12;/h7-11H,4-6H2,1-3H3;1H/q+1;/p-1. The molecule has 80 valence electrons. The molecule has 0 bridgehead atoms. The molecule has 0 aliphatic heterocycles. The fourth-order valence-electron chi connectivity index (χ4n) is 1.96. The van der Waals surface area contributed by atoms with Gasteiger partial charge in [0.25, 0.3) is 0 Å². The minimum absolute atomic E-state index is 0. The van der Waals surface area contributed by atoms with Gasteiger partial charge in [0.1, 0.15) is 5.69 Å². The molecule has 0 aromatic heterocycles. The van der Waals surface area contributed by atoms with Crippen molar-refractivity contribution in [1.29, 1.82) is 0 Å². The summed E-state index contributed by atoms with van der Waals surface area (Å²) in [5.41, 5.74) is 1.44. The number of nitrogens with zero attached hydrogens (tertiary/aromatic N) is 1. The van der Waals surface area contributed by atoms with Crippen LogP contribution in [0.1, 0.15) is 20.8 Å². The highest BCUT2D eigenvalue weighted by molar-refractivity contribution is 5.42. The van der Waals surface area contributed by atoms with Crippen LogP contribution in [0.2, 0.25) is 0 Å². The topological polar surface area (TPSA) is 0 Å². The highest BCUT2D eigenvalue weighted by atomic mass is 35.5. The van der Waals surface area contributed by atoms with E-state index >= 15 is 0 Å². The average Bonchev–Trinajstić information content (AvgIpc) is 2.23. The van der Waals surface area contributed by atoms with Crippen LogP contribution in [0.4, 0.5) is 5.69 Å². The van der Waals surface area contributed by atoms with Crippen LogP contribution < -0.4 is 16.9 Å². The third-order valence-electron chi connectivity index (χ3n) is 3.12. The smallest absolute Gasteiger partial charge is 0.132 e. The molecule has 1 nitrogen and oxygen atoms in total. The number of hydrogen-bond donors (Lipinski definition) is 0. The first-order chi connectivity index (χ1) is 6.29. The van der Waals surface area contributed by atoms with E-state index in [2.05, 4.69) is 51.1 Å². The van der Waals surface area contributed by atoms with Crippen LogP contribution in [0, 0.1) is 0 Å². The van der Waals surface area contributed by atoms with Gasteiger partial charge in [-0.25, -0.2) is 0 Å². The predicted octanol–water partition coefficient (Wildman–Crippen LogP) is 0.0576. The molecule has 1 aromatic rings. The fraction of sp³-hybridized carbons (Fsp3) is 0.500. The first-order valence-electron chi connectivity index (χ1n) is 5.20. The van der Waals surface area contributed by atoms with E-state index in [1.54, 1.807) is 0 Å². The number of quaternary nitrogens is 1. The third-order valence-corrected chi connectivity index (χ3v) is 3.12. The van der Waals surface area contributed by atoms with E-state index in [0.29, 0.717) is 0 Å². The van der Waals surface area contributed by atoms with Crippen molar-refractivity contribution in [2.75, 3.05) is 19.6 Å².